The molecule has 0 aliphatic heterocycles. The van der Waals surface area contributed by atoms with Crippen molar-refractivity contribution in [1.82, 2.24) is 0 Å². The zero-order valence-corrected chi connectivity index (χ0v) is 10.1. The Balaban J connectivity index is 1.54. The van der Waals surface area contributed by atoms with Crippen LogP contribution >= 0.6 is 0 Å². The highest BCUT2D eigenvalue weighted by molar-refractivity contribution is 4.88. The molecular formula is C14H26. The van der Waals surface area contributed by atoms with Gasteiger partial charge in [-0.25, -0.2) is 0 Å². The van der Waals surface area contributed by atoms with E-state index < -0.39 is 0 Å². The average molecular weight is 194 g/mol. The molecular weight excluding hydrogens is 168 g/mol. The van der Waals surface area contributed by atoms with Crippen LogP contribution in [-0.2, 0) is 0 Å². The summed E-state index contributed by atoms with van der Waals surface area (Å²) in [6.07, 6.45) is 9.15. The van der Waals surface area contributed by atoms with Gasteiger partial charge in [0.05, 0.1) is 0 Å². The highest BCUT2D eigenvalue weighted by Gasteiger charge is 2.38. The molecule has 0 aromatic rings. The van der Waals surface area contributed by atoms with E-state index >= 15 is 0 Å². The lowest BCUT2D eigenvalue weighted by molar-refractivity contribution is 0.414. The third kappa shape index (κ3) is 3.00. The van der Waals surface area contributed by atoms with Crippen LogP contribution in [0.4, 0.5) is 0 Å². The third-order valence-electron chi connectivity index (χ3n) is 4.30. The quantitative estimate of drug-likeness (QED) is 0.584. The van der Waals surface area contributed by atoms with Crippen LogP contribution < -0.4 is 0 Å². The van der Waals surface area contributed by atoms with Gasteiger partial charge in [-0.05, 0) is 48.9 Å². The van der Waals surface area contributed by atoms with E-state index in [1.165, 1.54) is 38.5 Å². The molecule has 0 radical (unpaired) electrons. The maximum Gasteiger partial charge on any atom is -0.0360 e. The van der Waals surface area contributed by atoms with Gasteiger partial charge in [0.2, 0.25) is 0 Å². The number of hydrogen-bond donors (Lipinski definition) is 0. The summed E-state index contributed by atoms with van der Waals surface area (Å²) in [5.74, 6) is 5.28. The van der Waals surface area contributed by atoms with Gasteiger partial charge in [0, 0.05) is 0 Å². The van der Waals surface area contributed by atoms with Gasteiger partial charge < -0.3 is 0 Å². The van der Waals surface area contributed by atoms with Crippen LogP contribution in [0.5, 0.6) is 0 Å². The molecule has 82 valence electrons. The molecule has 0 nitrogen and oxygen atoms in total. The molecule has 2 aliphatic carbocycles. The molecule has 0 aromatic carbocycles. The minimum absolute atomic E-state index is 0.943. The monoisotopic (exact) mass is 194 g/mol. The van der Waals surface area contributed by atoms with E-state index in [9.17, 15) is 0 Å². The van der Waals surface area contributed by atoms with E-state index in [-0.39, 0.29) is 0 Å². The molecule has 14 heavy (non-hydrogen) atoms. The molecule has 2 aliphatic rings. The van der Waals surface area contributed by atoms with Gasteiger partial charge in [-0.15, -0.1) is 0 Å². The van der Waals surface area contributed by atoms with Crippen molar-refractivity contribution in [2.45, 2.75) is 59.3 Å². The SMILES string of the molecule is CC(CCC1CC1C(C)C)CC1CC1. The van der Waals surface area contributed by atoms with Crippen molar-refractivity contribution in [3.8, 4) is 0 Å². The summed E-state index contributed by atoms with van der Waals surface area (Å²) >= 11 is 0. The summed E-state index contributed by atoms with van der Waals surface area (Å²) in [5.41, 5.74) is 0. The fraction of sp³-hybridized carbons (Fsp3) is 1.00. The van der Waals surface area contributed by atoms with Crippen LogP contribution in [0.1, 0.15) is 59.3 Å². The lowest BCUT2D eigenvalue weighted by atomic mass is 9.96. The fourth-order valence-electron chi connectivity index (χ4n) is 2.96. The Morgan fingerprint density at radius 3 is 2.36 bits per heavy atom. The zero-order valence-electron chi connectivity index (χ0n) is 10.1. The summed E-state index contributed by atoms with van der Waals surface area (Å²) in [7, 11) is 0. The van der Waals surface area contributed by atoms with Crippen LogP contribution in [0.15, 0.2) is 0 Å². The molecule has 0 bridgehead atoms. The van der Waals surface area contributed by atoms with Crippen LogP contribution in [0, 0.1) is 29.6 Å². The van der Waals surface area contributed by atoms with E-state index in [2.05, 4.69) is 20.8 Å². The molecule has 2 rings (SSSR count). The second-order valence-electron chi connectivity index (χ2n) is 6.27. The minimum Gasteiger partial charge on any atom is -0.0625 e. The maximum atomic E-state index is 2.46. The molecule has 0 aromatic heterocycles. The van der Waals surface area contributed by atoms with Crippen molar-refractivity contribution in [1.29, 1.82) is 0 Å². The van der Waals surface area contributed by atoms with Gasteiger partial charge in [-0.1, -0.05) is 40.0 Å². The standard InChI is InChI=1S/C14H26/c1-10(2)14-9-13(14)7-4-11(3)8-12-5-6-12/h10-14H,4-9H2,1-3H3. The Morgan fingerprint density at radius 2 is 1.86 bits per heavy atom. The molecule has 3 unspecified atom stereocenters. The zero-order chi connectivity index (χ0) is 10.1. The Morgan fingerprint density at radius 1 is 1.14 bits per heavy atom. The highest BCUT2D eigenvalue weighted by Crippen LogP contribution is 2.48. The average Bonchev–Trinajstić information content (AvgIpc) is 2.95. The highest BCUT2D eigenvalue weighted by atomic mass is 14.4. The van der Waals surface area contributed by atoms with E-state index in [1.54, 1.807) is 0 Å². The van der Waals surface area contributed by atoms with E-state index in [4.69, 9.17) is 0 Å². The first-order chi connectivity index (χ1) is 6.66. The topological polar surface area (TPSA) is 0 Å². The molecule has 0 amide bonds. The molecule has 0 heterocycles. The second kappa shape index (κ2) is 4.24. The smallest absolute Gasteiger partial charge is 0.0360 e. The van der Waals surface area contributed by atoms with Gasteiger partial charge in [-0.2, -0.15) is 0 Å². The first kappa shape index (κ1) is 10.5. The van der Waals surface area contributed by atoms with Crippen LogP contribution in [0.3, 0.4) is 0 Å². The molecule has 0 heteroatoms. The van der Waals surface area contributed by atoms with Gasteiger partial charge >= 0.3 is 0 Å². The Hall–Kier alpha value is 0. The van der Waals surface area contributed by atoms with Gasteiger partial charge in [-0.3, -0.25) is 0 Å². The maximum absolute atomic E-state index is 2.46. The van der Waals surface area contributed by atoms with Gasteiger partial charge in [0.15, 0.2) is 0 Å². The number of hydrogen-bond acceptors (Lipinski definition) is 0. The summed E-state index contributed by atoms with van der Waals surface area (Å²) in [6, 6.07) is 0. The predicted molar refractivity (Wildman–Crippen MR) is 62.2 cm³/mol. The summed E-state index contributed by atoms with van der Waals surface area (Å²) in [4.78, 5) is 0. The normalized spacial score (nSPS) is 33.4. The molecule has 2 saturated carbocycles. The van der Waals surface area contributed by atoms with Crippen molar-refractivity contribution in [2.24, 2.45) is 29.6 Å². The van der Waals surface area contributed by atoms with Crippen LogP contribution in [0.2, 0.25) is 0 Å². The van der Waals surface area contributed by atoms with Crippen LogP contribution in [0.25, 0.3) is 0 Å². The van der Waals surface area contributed by atoms with Crippen molar-refractivity contribution in [2.75, 3.05) is 0 Å². The van der Waals surface area contributed by atoms with Gasteiger partial charge in [0.25, 0.3) is 0 Å². The first-order valence-corrected chi connectivity index (χ1v) is 6.66. The molecule has 0 N–H and O–H groups in total. The molecule has 0 spiro atoms. The largest absolute Gasteiger partial charge is 0.0625 e. The fourth-order valence-corrected chi connectivity index (χ4v) is 2.96. The second-order valence-corrected chi connectivity index (χ2v) is 6.27. The van der Waals surface area contributed by atoms with Gasteiger partial charge in [0.1, 0.15) is 0 Å². The van der Waals surface area contributed by atoms with Crippen molar-refractivity contribution < 1.29 is 0 Å². The Bertz CT molecular complexity index is 176. The van der Waals surface area contributed by atoms with E-state index in [1.807, 2.05) is 0 Å². The van der Waals surface area contributed by atoms with Crippen molar-refractivity contribution in [3.05, 3.63) is 0 Å². The molecule has 3 atom stereocenters. The molecule has 2 fully saturated rings. The summed E-state index contributed by atoms with van der Waals surface area (Å²) in [5, 5.41) is 0. The lowest BCUT2D eigenvalue weighted by Gasteiger charge is -2.10. The van der Waals surface area contributed by atoms with E-state index in [0.29, 0.717) is 0 Å². The third-order valence-corrected chi connectivity index (χ3v) is 4.30. The number of rotatable bonds is 6. The Labute approximate surface area is 89.5 Å². The summed E-state index contributed by atoms with van der Waals surface area (Å²) < 4.78 is 0. The van der Waals surface area contributed by atoms with E-state index in [0.717, 1.165) is 29.6 Å². The minimum atomic E-state index is 0.943. The van der Waals surface area contributed by atoms with Crippen molar-refractivity contribution >= 4 is 0 Å². The lowest BCUT2D eigenvalue weighted by Crippen LogP contribution is -1.98. The predicted octanol–water partition coefficient (Wildman–Crippen LogP) is 4.49. The first-order valence-electron chi connectivity index (χ1n) is 6.66. The molecule has 0 saturated heterocycles. The van der Waals surface area contributed by atoms with Crippen molar-refractivity contribution in [3.63, 3.8) is 0 Å². The van der Waals surface area contributed by atoms with Crippen LogP contribution in [-0.4, -0.2) is 0 Å². The Kier molecular flexibility index (Phi) is 3.19. The summed E-state index contributed by atoms with van der Waals surface area (Å²) in [6.45, 7) is 7.24.